The van der Waals surface area contributed by atoms with Crippen molar-refractivity contribution < 1.29 is 14.3 Å². The van der Waals surface area contributed by atoms with Gasteiger partial charge in [-0.2, -0.15) is 0 Å². The molecular formula is C19H21Cl2N5O3. The molecule has 3 amide bonds. The Hall–Kier alpha value is -2.29. The van der Waals surface area contributed by atoms with Gasteiger partial charge in [-0.25, -0.2) is 9.79 Å². The third kappa shape index (κ3) is 3.25. The number of carbonyl (C=O) groups excluding carboxylic acids is 2. The molecule has 0 spiro atoms. The molecule has 29 heavy (non-hydrogen) atoms. The largest absolute Gasteiger partial charge is 0.383 e. The van der Waals surface area contributed by atoms with Crippen LogP contribution in [0.25, 0.3) is 0 Å². The first-order chi connectivity index (χ1) is 13.8. The maximum atomic E-state index is 13.3. The standard InChI is InChI=1S/C19H21Cl2N5O3/c1-11-9-25-15-16(22-18(25)24(11)6-7-29-3)23(2)19(28)26(17(15)27)10-12-4-5-13(20)14(21)8-12/h4-5,8-9,15-16H,6-7,10H2,1-3H3. The Bertz CT molecular complexity index is 934. The predicted molar refractivity (Wildman–Crippen MR) is 109 cm³/mol. The second kappa shape index (κ2) is 7.51. The van der Waals surface area contributed by atoms with Crippen LogP contribution in [0.3, 0.4) is 0 Å². The van der Waals surface area contributed by atoms with E-state index >= 15 is 0 Å². The number of nitrogens with zero attached hydrogens (tertiary/aromatic N) is 5. The number of urea groups is 1. The van der Waals surface area contributed by atoms with Crippen LogP contribution in [0.15, 0.2) is 35.1 Å². The van der Waals surface area contributed by atoms with Crippen LogP contribution in [0, 0.1) is 0 Å². The fraction of sp³-hybridized carbons (Fsp3) is 0.421. The third-order valence-corrected chi connectivity index (χ3v) is 6.09. The molecule has 8 nitrogen and oxygen atoms in total. The van der Waals surface area contributed by atoms with Crippen molar-refractivity contribution >= 4 is 41.1 Å². The molecule has 2 atom stereocenters. The number of allylic oxidation sites excluding steroid dienone is 1. The molecule has 3 aliphatic heterocycles. The lowest BCUT2D eigenvalue weighted by molar-refractivity contribution is -0.137. The number of halogens is 2. The summed E-state index contributed by atoms with van der Waals surface area (Å²) in [6.45, 7) is 3.22. The first-order valence-electron chi connectivity index (χ1n) is 9.16. The topological polar surface area (TPSA) is 68.7 Å². The summed E-state index contributed by atoms with van der Waals surface area (Å²) in [5.41, 5.74) is 1.70. The highest BCUT2D eigenvalue weighted by atomic mass is 35.5. The molecular weight excluding hydrogens is 417 g/mol. The zero-order chi connectivity index (χ0) is 20.9. The molecule has 1 fully saturated rings. The van der Waals surface area contributed by atoms with Gasteiger partial charge in [0.2, 0.25) is 5.96 Å². The van der Waals surface area contributed by atoms with Crippen molar-refractivity contribution in [3.8, 4) is 0 Å². The average Bonchev–Trinajstić information content (AvgIpc) is 3.19. The average molecular weight is 438 g/mol. The molecule has 0 radical (unpaired) electrons. The lowest BCUT2D eigenvalue weighted by atomic mass is 10.1. The molecule has 2 unspecified atom stereocenters. The minimum atomic E-state index is -0.599. The number of likely N-dealkylation sites (N-methyl/N-ethyl adjacent to an activating group) is 1. The van der Waals surface area contributed by atoms with E-state index in [1.165, 1.54) is 9.80 Å². The van der Waals surface area contributed by atoms with Gasteiger partial charge in [-0.1, -0.05) is 29.3 Å². The zero-order valence-corrected chi connectivity index (χ0v) is 17.8. The molecule has 3 heterocycles. The monoisotopic (exact) mass is 437 g/mol. The highest BCUT2D eigenvalue weighted by Gasteiger charge is 2.54. The Labute approximate surface area is 178 Å². The molecule has 3 aliphatic rings. The minimum absolute atomic E-state index is 0.112. The highest BCUT2D eigenvalue weighted by Crippen LogP contribution is 2.34. The van der Waals surface area contributed by atoms with Crippen molar-refractivity contribution in [3.05, 3.63) is 45.7 Å². The van der Waals surface area contributed by atoms with E-state index in [2.05, 4.69) is 4.99 Å². The van der Waals surface area contributed by atoms with Crippen LogP contribution in [0.2, 0.25) is 10.0 Å². The van der Waals surface area contributed by atoms with Gasteiger partial charge in [-0.15, -0.1) is 0 Å². The van der Waals surface area contributed by atoms with E-state index < -0.39 is 18.2 Å². The summed E-state index contributed by atoms with van der Waals surface area (Å²) in [5, 5.41) is 0.803. The molecule has 4 rings (SSSR count). The van der Waals surface area contributed by atoms with Crippen molar-refractivity contribution in [2.75, 3.05) is 27.3 Å². The predicted octanol–water partition coefficient (Wildman–Crippen LogP) is 2.58. The van der Waals surface area contributed by atoms with Gasteiger partial charge in [-0.3, -0.25) is 9.69 Å². The summed E-state index contributed by atoms with van der Waals surface area (Å²) in [6.07, 6.45) is 1.34. The van der Waals surface area contributed by atoms with Gasteiger partial charge < -0.3 is 19.4 Å². The lowest BCUT2D eigenvalue weighted by Gasteiger charge is -2.40. The molecule has 0 N–H and O–H groups in total. The van der Waals surface area contributed by atoms with Gasteiger partial charge in [0.05, 0.1) is 23.2 Å². The fourth-order valence-corrected chi connectivity index (χ4v) is 4.15. The first kappa shape index (κ1) is 20.0. The van der Waals surface area contributed by atoms with Gasteiger partial charge in [0.25, 0.3) is 5.91 Å². The molecule has 1 saturated heterocycles. The molecule has 0 bridgehead atoms. The highest BCUT2D eigenvalue weighted by molar-refractivity contribution is 6.42. The van der Waals surface area contributed by atoms with Gasteiger partial charge in [0.15, 0.2) is 12.2 Å². The SMILES string of the molecule is COCCN1C(C)=CN2C1=NC1C2C(=O)N(Cc2ccc(Cl)c(Cl)c2)C(=O)N1C. The Balaban J connectivity index is 1.61. The Morgan fingerprint density at radius 2 is 1.93 bits per heavy atom. The number of carbonyl (C=O) groups is 2. The number of hydrogen-bond donors (Lipinski definition) is 0. The zero-order valence-electron chi connectivity index (χ0n) is 16.3. The normalized spacial score (nSPS) is 23.5. The van der Waals surface area contributed by atoms with Gasteiger partial charge in [0, 0.05) is 32.6 Å². The van der Waals surface area contributed by atoms with Crippen molar-refractivity contribution in [1.82, 2.24) is 19.6 Å². The van der Waals surface area contributed by atoms with E-state index in [4.69, 9.17) is 27.9 Å². The van der Waals surface area contributed by atoms with E-state index in [-0.39, 0.29) is 12.5 Å². The summed E-state index contributed by atoms with van der Waals surface area (Å²) in [6, 6.07) is 4.08. The van der Waals surface area contributed by atoms with Crippen LogP contribution in [0.1, 0.15) is 12.5 Å². The number of methoxy groups -OCH3 is 1. The van der Waals surface area contributed by atoms with Crippen LogP contribution in [-0.2, 0) is 16.1 Å². The summed E-state index contributed by atoms with van der Waals surface area (Å²) >= 11 is 12.1. The molecule has 0 aliphatic carbocycles. The molecule has 0 aromatic heterocycles. The Morgan fingerprint density at radius 3 is 2.62 bits per heavy atom. The number of benzene rings is 1. The van der Waals surface area contributed by atoms with Gasteiger partial charge >= 0.3 is 6.03 Å². The third-order valence-electron chi connectivity index (χ3n) is 5.35. The number of ether oxygens (including phenoxy) is 1. The Morgan fingerprint density at radius 1 is 1.17 bits per heavy atom. The summed E-state index contributed by atoms with van der Waals surface area (Å²) in [4.78, 5) is 37.5. The van der Waals surface area contributed by atoms with Gasteiger partial charge in [0.1, 0.15) is 0 Å². The summed E-state index contributed by atoms with van der Waals surface area (Å²) in [7, 11) is 3.30. The number of amides is 3. The second-order valence-electron chi connectivity index (χ2n) is 7.18. The summed E-state index contributed by atoms with van der Waals surface area (Å²) in [5.74, 6) is 0.375. The molecule has 154 valence electrons. The number of guanidine groups is 1. The fourth-order valence-electron chi connectivity index (χ4n) is 3.83. The van der Waals surface area contributed by atoms with Crippen LogP contribution >= 0.6 is 23.2 Å². The molecule has 10 heteroatoms. The van der Waals surface area contributed by atoms with E-state index in [1.807, 2.05) is 22.9 Å². The molecule has 1 aromatic carbocycles. The number of fused-ring (bicyclic) bond motifs is 3. The molecule has 1 aromatic rings. The Kier molecular flexibility index (Phi) is 5.18. The lowest BCUT2D eigenvalue weighted by Crippen LogP contribution is -2.63. The number of hydrogen-bond acceptors (Lipinski definition) is 6. The summed E-state index contributed by atoms with van der Waals surface area (Å²) < 4.78 is 5.18. The van der Waals surface area contributed by atoms with Crippen molar-refractivity contribution in [2.24, 2.45) is 4.99 Å². The van der Waals surface area contributed by atoms with Crippen molar-refractivity contribution in [1.29, 1.82) is 0 Å². The smallest absolute Gasteiger partial charge is 0.328 e. The van der Waals surface area contributed by atoms with Crippen LogP contribution in [0.4, 0.5) is 4.79 Å². The number of rotatable bonds is 5. The van der Waals surface area contributed by atoms with Crippen molar-refractivity contribution in [2.45, 2.75) is 25.7 Å². The van der Waals surface area contributed by atoms with E-state index in [1.54, 1.807) is 32.4 Å². The van der Waals surface area contributed by atoms with E-state index in [9.17, 15) is 9.59 Å². The van der Waals surface area contributed by atoms with Crippen LogP contribution in [-0.4, -0.2) is 77.0 Å². The van der Waals surface area contributed by atoms with E-state index in [0.717, 1.165) is 11.3 Å². The maximum Gasteiger partial charge on any atom is 0.328 e. The molecule has 0 saturated carbocycles. The van der Waals surface area contributed by atoms with E-state index in [0.29, 0.717) is 29.2 Å². The minimum Gasteiger partial charge on any atom is -0.383 e. The van der Waals surface area contributed by atoms with Crippen LogP contribution in [0.5, 0.6) is 0 Å². The van der Waals surface area contributed by atoms with Gasteiger partial charge in [-0.05, 0) is 24.6 Å². The second-order valence-corrected chi connectivity index (χ2v) is 7.99. The van der Waals surface area contributed by atoms with Crippen LogP contribution < -0.4 is 0 Å². The van der Waals surface area contributed by atoms with Crippen molar-refractivity contribution in [3.63, 3.8) is 0 Å². The number of aliphatic imine (C=N–C) groups is 1. The number of imide groups is 1. The first-order valence-corrected chi connectivity index (χ1v) is 9.92. The maximum absolute atomic E-state index is 13.3. The quantitative estimate of drug-likeness (QED) is 0.707.